The Morgan fingerprint density at radius 1 is 1.00 bits per heavy atom. The highest BCUT2D eigenvalue weighted by Gasteiger charge is 2.12. The molecule has 0 radical (unpaired) electrons. The summed E-state index contributed by atoms with van der Waals surface area (Å²) < 4.78 is 0. The van der Waals surface area contributed by atoms with E-state index in [-0.39, 0.29) is 11.8 Å². The van der Waals surface area contributed by atoms with Crippen molar-refractivity contribution in [2.75, 3.05) is 32.5 Å². The molecule has 0 bridgehead atoms. The molecular weight excluding hydrogens is 373 g/mol. The molecule has 0 atom stereocenters. The van der Waals surface area contributed by atoms with E-state index in [1.807, 2.05) is 14.1 Å². The fourth-order valence-electron chi connectivity index (χ4n) is 2.29. The zero-order valence-electron chi connectivity index (χ0n) is 14.7. The third-order valence-electron chi connectivity index (χ3n) is 3.63. The van der Waals surface area contributed by atoms with Crippen LogP contribution in [-0.4, -0.2) is 43.9 Å². The Morgan fingerprint density at radius 3 is 2.38 bits per heavy atom. The van der Waals surface area contributed by atoms with Crippen LogP contribution in [0.2, 0.25) is 10.0 Å². The number of anilines is 1. The van der Waals surface area contributed by atoms with Gasteiger partial charge in [0.1, 0.15) is 0 Å². The molecule has 0 unspecified atom stereocenters. The third-order valence-corrected chi connectivity index (χ3v) is 4.20. The number of nitrogens with zero attached hydrogens (tertiary/aromatic N) is 1. The Bertz CT molecular complexity index is 794. The van der Waals surface area contributed by atoms with Crippen molar-refractivity contribution in [3.05, 3.63) is 63.6 Å². The van der Waals surface area contributed by atoms with Crippen LogP contribution in [0.25, 0.3) is 0 Å². The molecule has 7 heteroatoms. The zero-order chi connectivity index (χ0) is 19.1. The van der Waals surface area contributed by atoms with Gasteiger partial charge >= 0.3 is 0 Å². The van der Waals surface area contributed by atoms with Crippen LogP contribution in [0.1, 0.15) is 27.1 Å². The summed E-state index contributed by atoms with van der Waals surface area (Å²) in [6, 6.07) is 11.3. The van der Waals surface area contributed by atoms with Crippen LogP contribution in [0.4, 0.5) is 5.69 Å². The first-order valence-corrected chi connectivity index (χ1v) is 8.92. The van der Waals surface area contributed by atoms with Gasteiger partial charge in [-0.25, -0.2) is 0 Å². The molecule has 0 fully saturated rings. The topological polar surface area (TPSA) is 61.4 Å². The SMILES string of the molecule is CN(C)CCCNC(=O)c1cccc(C(=O)Nc2cc(Cl)ccc2Cl)c1. The molecule has 2 rings (SSSR count). The number of carbonyl (C=O) groups excluding carboxylic acids is 2. The number of nitrogens with one attached hydrogen (secondary N) is 2. The number of hydrogen-bond acceptors (Lipinski definition) is 3. The van der Waals surface area contributed by atoms with Gasteiger partial charge in [0.2, 0.25) is 0 Å². The Hall–Kier alpha value is -2.08. The van der Waals surface area contributed by atoms with Crippen LogP contribution in [-0.2, 0) is 0 Å². The highest BCUT2D eigenvalue weighted by atomic mass is 35.5. The molecule has 26 heavy (non-hydrogen) atoms. The average Bonchev–Trinajstić information content (AvgIpc) is 2.61. The largest absolute Gasteiger partial charge is 0.352 e. The number of amides is 2. The van der Waals surface area contributed by atoms with Crippen molar-refractivity contribution < 1.29 is 9.59 Å². The third kappa shape index (κ3) is 6.02. The zero-order valence-corrected chi connectivity index (χ0v) is 16.2. The molecular formula is C19H21Cl2N3O2. The summed E-state index contributed by atoms with van der Waals surface area (Å²) in [6.07, 6.45) is 0.853. The maximum absolute atomic E-state index is 12.4. The first kappa shape index (κ1) is 20.2. The summed E-state index contributed by atoms with van der Waals surface area (Å²) in [5, 5.41) is 6.41. The van der Waals surface area contributed by atoms with E-state index in [9.17, 15) is 9.59 Å². The summed E-state index contributed by atoms with van der Waals surface area (Å²) in [5.41, 5.74) is 1.21. The van der Waals surface area contributed by atoms with E-state index in [0.29, 0.717) is 33.4 Å². The lowest BCUT2D eigenvalue weighted by molar-refractivity contribution is 0.0952. The fraction of sp³-hybridized carbons (Fsp3) is 0.263. The lowest BCUT2D eigenvalue weighted by Crippen LogP contribution is -2.27. The molecule has 2 aromatic rings. The van der Waals surface area contributed by atoms with Gasteiger partial charge in [-0.15, -0.1) is 0 Å². The molecule has 0 aliphatic heterocycles. The van der Waals surface area contributed by atoms with E-state index in [4.69, 9.17) is 23.2 Å². The fourth-order valence-corrected chi connectivity index (χ4v) is 2.63. The van der Waals surface area contributed by atoms with Crippen molar-refractivity contribution in [2.45, 2.75) is 6.42 Å². The summed E-state index contributed by atoms with van der Waals surface area (Å²) in [4.78, 5) is 26.7. The molecule has 2 aromatic carbocycles. The Labute approximate surface area is 163 Å². The van der Waals surface area contributed by atoms with Gasteiger partial charge in [0.25, 0.3) is 11.8 Å². The maximum atomic E-state index is 12.4. The van der Waals surface area contributed by atoms with Gasteiger partial charge in [0.15, 0.2) is 0 Å². The van der Waals surface area contributed by atoms with Crippen LogP contribution < -0.4 is 10.6 Å². The number of hydrogen-bond donors (Lipinski definition) is 2. The number of carbonyl (C=O) groups is 2. The minimum Gasteiger partial charge on any atom is -0.352 e. The highest BCUT2D eigenvalue weighted by molar-refractivity contribution is 6.35. The standard InChI is InChI=1S/C19H21Cl2N3O2/c1-24(2)10-4-9-22-18(25)13-5-3-6-14(11-13)19(26)23-17-12-15(20)7-8-16(17)21/h3,5-8,11-12H,4,9-10H2,1-2H3,(H,22,25)(H,23,26). The van der Waals surface area contributed by atoms with Gasteiger partial charge in [0, 0.05) is 22.7 Å². The van der Waals surface area contributed by atoms with E-state index < -0.39 is 0 Å². The highest BCUT2D eigenvalue weighted by Crippen LogP contribution is 2.26. The molecule has 2 N–H and O–H groups in total. The molecule has 0 saturated heterocycles. The van der Waals surface area contributed by atoms with Crippen molar-refractivity contribution in [2.24, 2.45) is 0 Å². The summed E-state index contributed by atoms with van der Waals surface area (Å²) in [5.74, 6) is -0.574. The predicted molar refractivity (Wildman–Crippen MR) is 106 cm³/mol. The molecule has 0 heterocycles. The normalized spacial score (nSPS) is 10.7. The molecule has 2 amide bonds. The minimum absolute atomic E-state index is 0.209. The second-order valence-corrected chi connectivity index (χ2v) is 6.92. The van der Waals surface area contributed by atoms with Gasteiger partial charge in [-0.1, -0.05) is 29.3 Å². The van der Waals surface area contributed by atoms with Gasteiger partial charge in [-0.05, 0) is 63.5 Å². The minimum atomic E-state index is -0.364. The van der Waals surface area contributed by atoms with Crippen LogP contribution in [0.15, 0.2) is 42.5 Å². The smallest absolute Gasteiger partial charge is 0.255 e. The van der Waals surface area contributed by atoms with Crippen molar-refractivity contribution in [3.8, 4) is 0 Å². The lowest BCUT2D eigenvalue weighted by atomic mass is 10.1. The first-order chi connectivity index (χ1) is 12.4. The molecule has 5 nitrogen and oxygen atoms in total. The van der Waals surface area contributed by atoms with E-state index in [1.54, 1.807) is 42.5 Å². The molecule has 0 aliphatic carbocycles. The van der Waals surface area contributed by atoms with E-state index in [1.165, 1.54) is 0 Å². The first-order valence-electron chi connectivity index (χ1n) is 8.16. The Morgan fingerprint density at radius 2 is 1.69 bits per heavy atom. The van der Waals surface area contributed by atoms with E-state index >= 15 is 0 Å². The number of rotatable bonds is 7. The Kier molecular flexibility index (Phi) is 7.45. The Balaban J connectivity index is 2.02. The van der Waals surface area contributed by atoms with Crippen molar-refractivity contribution in [1.82, 2.24) is 10.2 Å². The lowest BCUT2D eigenvalue weighted by Gasteiger charge is -2.11. The maximum Gasteiger partial charge on any atom is 0.255 e. The van der Waals surface area contributed by atoms with E-state index in [0.717, 1.165) is 13.0 Å². The van der Waals surface area contributed by atoms with Gasteiger partial charge in [-0.3, -0.25) is 9.59 Å². The molecule has 0 saturated carbocycles. The van der Waals surface area contributed by atoms with Gasteiger partial charge in [0.05, 0.1) is 10.7 Å². The van der Waals surface area contributed by atoms with Crippen molar-refractivity contribution in [3.63, 3.8) is 0 Å². The van der Waals surface area contributed by atoms with Crippen LogP contribution in [0.5, 0.6) is 0 Å². The molecule has 138 valence electrons. The molecule has 0 aliphatic rings. The predicted octanol–water partition coefficient (Wildman–Crippen LogP) is 3.93. The van der Waals surface area contributed by atoms with Gasteiger partial charge in [-0.2, -0.15) is 0 Å². The van der Waals surface area contributed by atoms with Crippen molar-refractivity contribution >= 4 is 40.7 Å². The quantitative estimate of drug-likeness (QED) is 0.700. The second kappa shape index (κ2) is 9.57. The average molecular weight is 394 g/mol. The van der Waals surface area contributed by atoms with Crippen LogP contribution >= 0.6 is 23.2 Å². The van der Waals surface area contributed by atoms with Gasteiger partial charge < -0.3 is 15.5 Å². The second-order valence-electron chi connectivity index (χ2n) is 6.07. The van der Waals surface area contributed by atoms with Crippen molar-refractivity contribution in [1.29, 1.82) is 0 Å². The number of halogens is 2. The molecule has 0 spiro atoms. The van der Waals surface area contributed by atoms with Crippen LogP contribution in [0, 0.1) is 0 Å². The summed E-state index contributed by atoms with van der Waals surface area (Å²) in [6.45, 7) is 1.47. The molecule has 0 aromatic heterocycles. The summed E-state index contributed by atoms with van der Waals surface area (Å²) in [7, 11) is 3.96. The van der Waals surface area contributed by atoms with Crippen LogP contribution in [0.3, 0.4) is 0 Å². The summed E-state index contributed by atoms with van der Waals surface area (Å²) >= 11 is 12.0. The number of benzene rings is 2. The van der Waals surface area contributed by atoms with E-state index in [2.05, 4.69) is 15.5 Å². The monoisotopic (exact) mass is 393 g/mol.